The van der Waals surface area contributed by atoms with Gasteiger partial charge in [-0.05, 0) is 38.1 Å². The Bertz CT molecular complexity index is 1760. The Kier molecular flexibility index (Phi) is 4.85. The van der Waals surface area contributed by atoms with Crippen LogP contribution in [0.4, 0.5) is 0 Å². The van der Waals surface area contributed by atoms with Crippen LogP contribution in [0.3, 0.4) is 0 Å². The van der Waals surface area contributed by atoms with Crippen LogP contribution in [0.1, 0.15) is 55.3 Å². The van der Waals surface area contributed by atoms with Gasteiger partial charge in [-0.25, -0.2) is 0 Å². The third kappa shape index (κ3) is 2.61. The van der Waals surface area contributed by atoms with Crippen molar-refractivity contribution in [3.8, 4) is 0 Å². The van der Waals surface area contributed by atoms with Gasteiger partial charge in [0.2, 0.25) is 0 Å². The number of nitrogens with zero attached hydrogens (tertiary/aromatic N) is 2. The summed E-state index contributed by atoms with van der Waals surface area (Å²) in [5.41, 5.74) is 1.09. The third-order valence-corrected chi connectivity index (χ3v) is 8.84. The number of hydrogen-bond acceptors (Lipinski definition) is 4. The summed E-state index contributed by atoms with van der Waals surface area (Å²) in [4.78, 5) is 55.6. The van der Waals surface area contributed by atoms with Crippen LogP contribution in [0, 0.1) is 0 Å². The zero-order valence-electron chi connectivity index (χ0n) is 19.8. The van der Waals surface area contributed by atoms with E-state index in [-0.39, 0.29) is 55.4 Å². The summed E-state index contributed by atoms with van der Waals surface area (Å²) < 4.78 is 0. The van der Waals surface area contributed by atoms with Crippen molar-refractivity contribution >= 4 is 113 Å². The molecule has 0 saturated carbocycles. The van der Waals surface area contributed by atoms with E-state index in [1.807, 2.05) is 0 Å². The lowest BCUT2D eigenvalue weighted by Gasteiger charge is -2.30. The maximum Gasteiger partial charge on any atom is 0.261 e. The van der Waals surface area contributed by atoms with Gasteiger partial charge < -0.3 is 0 Å². The van der Waals surface area contributed by atoms with Crippen molar-refractivity contribution in [2.75, 3.05) is 13.1 Å². The van der Waals surface area contributed by atoms with Crippen molar-refractivity contribution in [3.05, 3.63) is 66.6 Å². The largest absolute Gasteiger partial charge is 0.275 e. The van der Waals surface area contributed by atoms with E-state index in [0.29, 0.717) is 43.1 Å². The number of amides is 4. The second-order valence-electron chi connectivity index (χ2n) is 9.33. The summed E-state index contributed by atoms with van der Waals surface area (Å²) in [7, 11) is 0. The molecule has 2 aliphatic rings. The van der Waals surface area contributed by atoms with E-state index >= 15 is 0 Å². The first-order chi connectivity index (χ1) is 18.1. The summed E-state index contributed by atoms with van der Waals surface area (Å²) in [6.07, 6.45) is 0. The molecule has 4 amide bonds. The summed E-state index contributed by atoms with van der Waals surface area (Å²) >= 11 is 27.5. The number of rotatable bonds is 2. The third-order valence-electron chi connectivity index (χ3n) is 7.65. The fourth-order valence-corrected chi connectivity index (χ4v) is 7.33. The molecule has 10 heteroatoms. The Hall–Kier alpha value is -3.16. The van der Waals surface area contributed by atoms with Crippen molar-refractivity contribution in [3.63, 3.8) is 0 Å². The van der Waals surface area contributed by atoms with Crippen molar-refractivity contribution < 1.29 is 19.2 Å². The van der Waals surface area contributed by atoms with Crippen LogP contribution in [0.5, 0.6) is 0 Å². The average Bonchev–Trinajstić information content (AvgIpc) is 2.88. The molecule has 7 rings (SSSR count). The molecule has 0 atom stereocenters. The van der Waals surface area contributed by atoms with Crippen LogP contribution in [0.15, 0.2) is 24.3 Å². The zero-order chi connectivity index (χ0) is 26.9. The highest BCUT2D eigenvalue weighted by Crippen LogP contribution is 2.53. The van der Waals surface area contributed by atoms with E-state index in [4.69, 9.17) is 46.4 Å². The predicted molar refractivity (Wildman–Crippen MR) is 150 cm³/mol. The first-order valence-corrected chi connectivity index (χ1v) is 13.3. The topological polar surface area (TPSA) is 74.8 Å². The zero-order valence-corrected chi connectivity index (χ0v) is 22.8. The molecular weight excluding hydrogens is 570 g/mol. The fraction of sp³-hybridized carbons (Fsp3) is 0.143. The number of benzene rings is 5. The summed E-state index contributed by atoms with van der Waals surface area (Å²) in [5.74, 6) is -1.85. The van der Waals surface area contributed by atoms with Crippen molar-refractivity contribution in [2.24, 2.45) is 0 Å². The molecule has 38 heavy (non-hydrogen) atoms. The number of fused-ring (bicyclic) bond motifs is 2. The molecule has 5 aromatic carbocycles. The lowest BCUT2D eigenvalue weighted by molar-refractivity contribution is 0.0603. The van der Waals surface area contributed by atoms with E-state index in [0.717, 1.165) is 9.80 Å². The highest BCUT2D eigenvalue weighted by Gasteiger charge is 2.38. The molecule has 0 fully saturated rings. The molecule has 6 nitrogen and oxygen atoms in total. The van der Waals surface area contributed by atoms with Gasteiger partial charge in [0.15, 0.2) is 0 Å². The molecule has 0 spiro atoms. The monoisotopic (exact) mass is 582 g/mol. The van der Waals surface area contributed by atoms with Crippen LogP contribution < -0.4 is 0 Å². The van der Waals surface area contributed by atoms with Crippen LogP contribution in [0.25, 0.3) is 43.1 Å². The quantitative estimate of drug-likeness (QED) is 0.122. The van der Waals surface area contributed by atoms with Gasteiger partial charge in [-0.3, -0.25) is 29.0 Å². The smallest absolute Gasteiger partial charge is 0.261 e. The Morgan fingerprint density at radius 3 is 0.895 bits per heavy atom. The number of halogens is 4. The lowest BCUT2D eigenvalue weighted by Crippen LogP contribution is -2.40. The molecule has 0 bridgehead atoms. The summed E-state index contributed by atoms with van der Waals surface area (Å²) in [6.45, 7) is 3.79. The Morgan fingerprint density at radius 2 is 0.684 bits per heavy atom. The second kappa shape index (κ2) is 7.70. The first kappa shape index (κ1) is 23.9. The van der Waals surface area contributed by atoms with Crippen LogP contribution in [-0.2, 0) is 0 Å². The molecule has 5 aromatic rings. The van der Waals surface area contributed by atoms with Gasteiger partial charge in [0.05, 0.1) is 22.3 Å². The molecule has 2 aliphatic heterocycles. The number of carbonyl (C=O) groups is 4. The molecule has 0 aromatic heterocycles. The van der Waals surface area contributed by atoms with Gasteiger partial charge in [-0.2, -0.15) is 0 Å². The van der Waals surface area contributed by atoms with Gasteiger partial charge in [-0.15, -0.1) is 0 Å². The van der Waals surface area contributed by atoms with Gasteiger partial charge >= 0.3 is 0 Å². The van der Waals surface area contributed by atoms with Crippen LogP contribution >= 0.6 is 46.4 Å². The summed E-state index contributed by atoms with van der Waals surface area (Å²) in [6, 6.07) is 6.13. The molecule has 188 valence electrons. The van der Waals surface area contributed by atoms with E-state index in [1.54, 1.807) is 13.8 Å². The second-order valence-corrected chi connectivity index (χ2v) is 11.0. The highest BCUT2D eigenvalue weighted by molar-refractivity contribution is 6.56. The minimum absolute atomic E-state index is 0.180. The Balaban J connectivity index is 1.83. The summed E-state index contributed by atoms with van der Waals surface area (Å²) in [5, 5.41) is 4.51. The van der Waals surface area contributed by atoms with E-state index in [2.05, 4.69) is 0 Å². The number of imide groups is 2. The first-order valence-electron chi connectivity index (χ1n) is 11.8. The van der Waals surface area contributed by atoms with Gasteiger partial charge in [0, 0.05) is 76.3 Å². The van der Waals surface area contributed by atoms with E-state index < -0.39 is 23.6 Å². The van der Waals surface area contributed by atoms with Crippen LogP contribution in [-0.4, -0.2) is 46.5 Å². The SMILES string of the molecule is CCN1C(=O)c2cc(Cl)c3c4c(Cl)cc5c6c(cc(Cl)c(c7c(Cl)cc(c2c37)C1=O)c64)C(=O)N(CC)C5=O. The molecule has 0 unspecified atom stereocenters. The van der Waals surface area contributed by atoms with Crippen molar-refractivity contribution in [1.82, 2.24) is 9.80 Å². The Labute approximate surface area is 234 Å². The lowest BCUT2D eigenvalue weighted by atomic mass is 9.82. The highest BCUT2D eigenvalue weighted by atomic mass is 35.5. The fourth-order valence-electron chi connectivity index (χ4n) is 6.13. The minimum Gasteiger partial charge on any atom is -0.275 e. The average molecular weight is 584 g/mol. The van der Waals surface area contributed by atoms with Crippen molar-refractivity contribution in [2.45, 2.75) is 13.8 Å². The van der Waals surface area contributed by atoms with Gasteiger partial charge in [-0.1, -0.05) is 46.4 Å². The standard InChI is InChI=1S/C28H14Cl4N2O4/c1-3-33-25(35)9-5-13(29)19-21-15(31)7-11-18-12(28(38)34(4-2)27(11)37)8-16(32)22(24(18)21)20-14(30)6-10(26(33)36)17(9)23(19)20/h5-8H,3-4H2,1-2H3. The van der Waals surface area contributed by atoms with Gasteiger partial charge in [0.1, 0.15) is 0 Å². The molecule has 0 radical (unpaired) electrons. The molecule has 2 heterocycles. The molecule has 0 aliphatic carbocycles. The van der Waals surface area contributed by atoms with Gasteiger partial charge in [0.25, 0.3) is 23.6 Å². The Morgan fingerprint density at radius 1 is 0.447 bits per heavy atom. The van der Waals surface area contributed by atoms with E-state index in [1.165, 1.54) is 24.3 Å². The molecular formula is C28H14Cl4N2O4. The maximum atomic E-state index is 13.3. The molecule has 0 N–H and O–H groups in total. The van der Waals surface area contributed by atoms with Crippen molar-refractivity contribution in [1.29, 1.82) is 0 Å². The normalized spacial score (nSPS) is 15.4. The van der Waals surface area contributed by atoms with Crippen LogP contribution in [0.2, 0.25) is 20.1 Å². The van der Waals surface area contributed by atoms with E-state index in [9.17, 15) is 19.2 Å². The maximum absolute atomic E-state index is 13.3. The predicted octanol–water partition coefficient (Wildman–Crippen LogP) is 7.58. The molecule has 0 saturated heterocycles. The number of hydrogen-bond donors (Lipinski definition) is 0. The number of carbonyl (C=O) groups excluding carboxylic acids is 4. The minimum atomic E-state index is -0.462.